The number of hydrogen-bond acceptors (Lipinski definition) is 8. The zero-order valence-electron chi connectivity index (χ0n) is 23.9. The van der Waals surface area contributed by atoms with Gasteiger partial charge in [0.1, 0.15) is 17.9 Å². The molecule has 2 fully saturated rings. The van der Waals surface area contributed by atoms with Gasteiger partial charge in [-0.25, -0.2) is 14.8 Å². The smallest absolute Gasteiger partial charge is 0.357 e. The number of fused-ring (bicyclic) bond motifs is 2. The predicted octanol–water partition coefficient (Wildman–Crippen LogP) is 5.29. The van der Waals surface area contributed by atoms with E-state index >= 15 is 0 Å². The fraction of sp³-hybridized carbons (Fsp3) is 0.424. The van der Waals surface area contributed by atoms with Gasteiger partial charge in [0.25, 0.3) is 0 Å². The Labute approximate surface area is 245 Å². The van der Waals surface area contributed by atoms with Crippen LogP contribution in [0.2, 0.25) is 0 Å². The molecule has 42 heavy (non-hydrogen) atoms. The fourth-order valence-electron chi connectivity index (χ4n) is 6.19. The third-order valence-electron chi connectivity index (χ3n) is 8.56. The molecule has 9 nitrogen and oxygen atoms in total. The molecule has 218 valence electrons. The third-order valence-corrected chi connectivity index (χ3v) is 8.56. The van der Waals surface area contributed by atoms with Crippen LogP contribution in [0.15, 0.2) is 60.7 Å². The summed E-state index contributed by atoms with van der Waals surface area (Å²) in [7, 11) is 0. The summed E-state index contributed by atoms with van der Waals surface area (Å²) in [5.41, 5.74) is 4.17. The first-order valence-electron chi connectivity index (χ1n) is 15.0. The quantitative estimate of drug-likeness (QED) is 0.265. The molecule has 0 bridgehead atoms. The molecule has 2 aromatic carbocycles. The van der Waals surface area contributed by atoms with E-state index in [1.807, 2.05) is 30.3 Å². The van der Waals surface area contributed by atoms with Gasteiger partial charge in [0.05, 0.1) is 25.8 Å². The molecule has 0 saturated carbocycles. The lowest BCUT2D eigenvalue weighted by Crippen LogP contribution is -2.35. The van der Waals surface area contributed by atoms with E-state index in [2.05, 4.69) is 38.7 Å². The molecule has 2 saturated heterocycles. The van der Waals surface area contributed by atoms with Crippen LogP contribution in [-0.4, -0.2) is 64.4 Å². The Morgan fingerprint density at radius 2 is 1.83 bits per heavy atom. The molecule has 0 N–H and O–H groups in total. The van der Waals surface area contributed by atoms with Crippen LogP contribution in [0.4, 0.5) is 0 Å². The van der Waals surface area contributed by atoms with Crippen LogP contribution in [0.1, 0.15) is 65.6 Å². The lowest BCUT2D eigenvalue weighted by Gasteiger charge is -2.35. The van der Waals surface area contributed by atoms with Crippen LogP contribution in [0.3, 0.4) is 0 Å². The Hall–Kier alpha value is -3.95. The lowest BCUT2D eigenvalue weighted by molar-refractivity contribution is -0.0593. The van der Waals surface area contributed by atoms with Gasteiger partial charge in [-0.3, -0.25) is 4.90 Å². The van der Waals surface area contributed by atoms with Crippen molar-refractivity contribution in [3.63, 3.8) is 0 Å². The molecule has 3 aliphatic rings. The summed E-state index contributed by atoms with van der Waals surface area (Å²) >= 11 is 0. The summed E-state index contributed by atoms with van der Waals surface area (Å²) in [4.78, 5) is 24.4. The van der Waals surface area contributed by atoms with E-state index in [9.17, 15) is 4.79 Å². The van der Waals surface area contributed by atoms with Crippen LogP contribution in [0.5, 0.6) is 11.5 Å². The molecule has 9 heteroatoms. The van der Waals surface area contributed by atoms with Crippen molar-refractivity contribution in [2.45, 2.75) is 57.4 Å². The molecule has 2 aromatic heterocycles. The first-order chi connectivity index (χ1) is 20.7. The van der Waals surface area contributed by atoms with Gasteiger partial charge in [0.15, 0.2) is 28.9 Å². The minimum atomic E-state index is -0.413. The van der Waals surface area contributed by atoms with E-state index in [0.29, 0.717) is 37.0 Å². The zero-order valence-corrected chi connectivity index (χ0v) is 23.9. The van der Waals surface area contributed by atoms with Crippen LogP contribution < -0.4 is 9.47 Å². The standard InChI is InChI=1S/C33H36N4O5/c1-2-39-33(38)27-12-11-26-32(35-27)37(19-24-15-18-40-24)30(34-26)20-36-16-13-22(14-17-36)25-9-6-10-28-31(25)41-21-29(42-28)23-7-4-3-5-8-23/h3-12,22,24,29H,2,13-21H2,1H3. The number of hydrogen-bond donors (Lipinski definition) is 0. The summed E-state index contributed by atoms with van der Waals surface area (Å²) < 4.78 is 25.8. The zero-order chi connectivity index (χ0) is 28.5. The van der Waals surface area contributed by atoms with Crippen molar-refractivity contribution in [2.75, 3.05) is 32.9 Å². The van der Waals surface area contributed by atoms with Crippen molar-refractivity contribution in [2.24, 2.45) is 0 Å². The molecular weight excluding hydrogens is 532 g/mol. The van der Waals surface area contributed by atoms with Crippen molar-refractivity contribution in [1.29, 1.82) is 0 Å². The van der Waals surface area contributed by atoms with E-state index in [4.69, 9.17) is 23.9 Å². The Morgan fingerprint density at radius 1 is 1.00 bits per heavy atom. The number of benzene rings is 2. The summed E-state index contributed by atoms with van der Waals surface area (Å²) in [6.07, 6.45) is 3.12. The molecule has 0 spiro atoms. The number of ether oxygens (including phenoxy) is 4. The van der Waals surface area contributed by atoms with E-state index in [-0.39, 0.29) is 12.2 Å². The fourth-order valence-corrected chi connectivity index (χ4v) is 6.19. The summed E-state index contributed by atoms with van der Waals surface area (Å²) in [6.45, 7) is 6.71. The van der Waals surface area contributed by atoms with Gasteiger partial charge in [-0.2, -0.15) is 0 Å². The number of esters is 1. The number of likely N-dealkylation sites (tertiary alicyclic amines) is 1. The number of nitrogens with zero attached hydrogens (tertiary/aromatic N) is 4. The van der Waals surface area contributed by atoms with Crippen LogP contribution in [0.25, 0.3) is 11.2 Å². The molecule has 3 aliphatic heterocycles. The molecule has 0 aliphatic carbocycles. The summed E-state index contributed by atoms with van der Waals surface area (Å²) in [5.74, 6) is 2.67. The predicted molar refractivity (Wildman–Crippen MR) is 157 cm³/mol. The number of carbonyl (C=O) groups is 1. The number of rotatable bonds is 8. The second-order valence-corrected chi connectivity index (χ2v) is 11.2. The highest BCUT2D eigenvalue weighted by atomic mass is 16.6. The highest BCUT2D eigenvalue weighted by Crippen LogP contribution is 2.44. The van der Waals surface area contributed by atoms with E-state index < -0.39 is 5.97 Å². The minimum Gasteiger partial charge on any atom is -0.485 e. The van der Waals surface area contributed by atoms with Gasteiger partial charge in [-0.05, 0) is 69.0 Å². The maximum absolute atomic E-state index is 12.4. The van der Waals surface area contributed by atoms with Crippen molar-refractivity contribution in [1.82, 2.24) is 19.4 Å². The molecule has 7 rings (SSSR count). The van der Waals surface area contributed by atoms with Crippen LogP contribution in [-0.2, 0) is 22.6 Å². The second-order valence-electron chi connectivity index (χ2n) is 11.2. The maximum Gasteiger partial charge on any atom is 0.357 e. The topological polar surface area (TPSA) is 87.9 Å². The van der Waals surface area contributed by atoms with E-state index in [0.717, 1.165) is 73.9 Å². The minimum absolute atomic E-state index is 0.0942. The molecule has 0 radical (unpaired) electrons. The van der Waals surface area contributed by atoms with Crippen LogP contribution in [0, 0.1) is 0 Å². The van der Waals surface area contributed by atoms with Gasteiger partial charge in [-0.15, -0.1) is 0 Å². The molecule has 2 atom stereocenters. The Morgan fingerprint density at radius 3 is 2.60 bits per heavy atom. The highest BCUT2D eigenvalue weighted by molar-refractivity contribution is 5.89. The first kappa shape index (κ1) is 26.9. The van der Waals surface area contributed by atoms with Gasteiger partial charge < -0.3 is 23.5 Å². The number of pyridine rings is 1. The lowest BCUT2D eigenvalue weighted by atomic mass is 9.88. The largest absolute Gasteiger partial charge is 0.485 e. The molecular formula is C33H36N4O5. The van der Waals surface area contributed by atoms with E-state index in [1.165, 1.54) is 5.56 Å². The Kier molecular flexibility index (Phi) is 7.52. The number of imidazole rings is 1. The van der Waals surface area contributed by atoms with Crippen LogP contribution >= 0.6 is 0 Å². The third kappa shape index (κ3) is 5.34. The second kappa shape index (κ2) is 11.7. The average molecular weight is 569 g/mol. The number of aromatic nitrogens is 3. The van der Waals surface area contributed by atoms with Crippen molar-refractivity contribution in [3.05, 3.63) is 83.3 Å². The van der Waals surface area contributed by atoms with Crippen molar-refractivity contribution < 1.29 is 23.7 Å². The number of para-hydroxylation sites is 1. The Balaban J connectivity index is 1.05. The molecule has 0 amide bonds. The van der Waals surface area contributed by atoms with Gasteiger partial charge in [0.2, 0.25) is 0 Å². The number of carbonyl (C=O) groups excluding carboxylic acids is 1. The summed E-state index contributed by atoms with van der Waals surface area (Å²) in [6, 6.07) is 20.1. The number of piperidine rings is 1. The SMILES string of the molecule is CCOC(=O)c1ccc2nc(CN3CCC(c4cccc5c4OCC(c4ccccc4)O5)CC3)n(CC3CCO3)c2n1. The normalized spacial score (nSPS) is 20.8. The van der Waals surface area contributed by atoms with E-state index in [1.54, 1.807) is 13.0 Å². The van der Waals surface area contributed by atoms with Crippen molar-refractivity contribution >= 4 is 17.1 Å². The van der Waals surface area contributed by atoms with Gasteiger partial charge >= 0.3 is 5.97 Å². The first-order valence-corrected chi connectivity index (χ1v) is 15.0. The maximum atomic E-state index is 12.4. The highest BCUT2D eigenvalue weighted by Gasteiger charge is 2.30. The van der Waals surface area contributed by atoms with Gasteiger partial charge in [0, 0.05) is 12.2 Å². The molecule has 5 heterocycles. The molecule has 2 unspecified atom stereocenters. The monoisotopic (exact) mass is 568 g/mol. The molecule has 4 aromatic rings. The summed E-state index contributed by atoms with van der Waals surface area (Å²) in [5, 5.41) is 0. The Bertz CT molecular complexity index is 1560. The van der Waals surface area contributed by atoms with Gasteiger partial charge in [-0.1, -0.05) is 42.5 Å². The van der Waals surface area contributed by atoms with Crippen molar-refractivity contribution in [3.8, 4) is 11.5 Å². The average Bonchev–Trinajstić information content (AvgIpc) is 3.35.